The summed E-state index contributed by atoms with van der Waals surface area (Å²) in [5.41, 5.74) is 0.335. The van der Waals surface area contributed by atoms with Gasteiger partial charge in [0.1, 0.15) is 5.82 Å². The normalized spacial score (nSPS) is 12.2. The summed E-state index contributed by atoms with van der Waals surface area (Å²) in [5.74, 6) is -1.41. The van der Waals surface area contributed by atoms with E-state index in [0.29, 0.717) is 11.5 Å². The van der Waals surface area contributed by atoms with Crippen LogP contribution >= 0.6 is 15.9 Å². The Morgan fingerprint density at radius 3 is 2.57 bits per heavy atom. The van der Waals surface area contributed by atoms with E-state index in [1.807, 2.05) is 13.8 Å². The van der Waals surface area contributed by atoms with E-state index in [-0.39, 0.29) is 29.3 Å². The SMILES string of the molecule is CC(C)CC(CNC(=O)c1ccc(F)c(Br)c1)CC(=O)O. The van der Waals surface area contributed by atoms with Crippen LogP contribution in [0.2, 0.25) is 0 Å². The molecule has 4 nitrogen and oxygen atoms in total. The van der Waals surface area contributed by atoms with Gasteiger partial charge in [0, 0.05) is 18.5 Å². The summed E-state index contributed by atoms with van der Waals surface area (Å²) in [4.78, 5) is 22.8. The molecular weight excluding hydrogens is 341 g/mol. The number of nitrogens with one attached hydrogen (secondary N) is 1. The molecular formula is C15H19BrFNO3. The number of carboxylic acid groups (broad SMARTS) is 1. The summed E-state index contributed by atoms with van der Waals surface area (Å²) in [6.45, 7) is 4.31. The summed E-state index contributed by atoms with van der Waals surface area (Å²) in [6.07, 6.45) is 0.741. The first-order chi connectivity index (χ1) is 9.79. The van der Waals surface area contributed by atoms with Crippen molar-refractivity contribution in [1.29, 1.82) is 0 Å². The monoisotopic (exact) mass is 359 g/mol. The van der Waals surface area contributed by atoms with Crippen LogP contribution in [0, 0.1) is 17.7 Å². The highest BCUT2D eigenvalue weighted by molar-refractivity contribution is 9.10. The maximum Gasteiger partial charge on any atom is 0.303 e. The third-order valence-electron chi connectivity index (χ3n) is 3.00. The van der Waals surface area contributed by atoms with Gasteiger partial charge in [-0.25, -0.2) is 4.39 Å². The summed E-state index contributed by atoms with van der Waals surface area (Å²) in [7, 11) is 0. The zero-order valence-corrected chi connectivity index (χ0v) is 13.6. The predicted octanol–water partition coefficient (Wildman–Crippen LogP) is 3.46. The third-order valence-corrected chi connectivity index (χ3v) is 3.61. The lowest BCUT2D eigenvalue weighted by molar-refractivity contribution is -0.138. The van der Waals surface area contributed by atoms with Crippen LogP contribution in [0.4, 0.5) is 4.39 Å². The maximum atomic E-state index is 13.1. The van der Waals surface area contributed by atoms with Crippen molar-refractivity contribution in [3.8, 4) is 0 Å². The van der Waals surface area contributed by atoms with Gasteiger partial charge >= 0.3 is 5.97 Å². The van der Waals surface area contributed by atoms with Crippen LogP contribution in [0.25, 0.3) is 0 Å². The second-order valence-electron chi connectivity index (χ2n) is 5.43. The minimum atomic E-state index is -0.876. The fourth-order valence-corrected chi connectivity index (χ4v) is 2.51. The van der Waals surface area contributed by atoms with Crippen LogP contribution in [0.15, 0.2) is 22.7 Å². The summed E-state index contributed by atoms with van der Waals surface area (Å²) < 4.78 is 13.3. The van der Waals surface area contributed by atoms with Crippen molar-refractivity contribution in [2.75, 3.05) is 6.54 Å². The smallest absolute Gasteiger partial charge is 0.303 e. The fourth-order valence-electron chi connectivity index (χ4n) is 2.13. The van der Waals surface area contributed by atoms with Crippen LogP contribution in [-0.4, -0.2) is 23.5 Å². The molecule has 6 heteroatoms. The molecule has 1 atom stereocenters. The van der Waals surface area contributed by atoms with Gasteiger partial charge in [0.15, 0.2) is 0 Å². The fraction of sp³-hybridized carbons (Fsp3) is 0.467. The summed E-state index contributed by atoms with van der Waals surface area (Å²) in [6, 6.07) is 4.01. The van der Waals surface area contributed by atoms with Gasteiger partial charge in [-0.1, -0.05) is 13.8 Å². The van der Waals surface area contributed by atoms with Gasteiger partial charge in [0.05, 0.1) is 4.47 Å². The summed E-state index contributed by atoms with van der Waals surface area (Å²) >= 11 is 3.03. The molecule has 116 valence electrons. The van der Waals surface area contributed by atoms with Gasteiger partial charge in [0.2, 0.25) is 0 Å². The first-order valence-corrected chi connectivity index (χ1v) is 7.54. The molecule has 0 saturated carbocycles. The lowest BCUT2D eigenvalue weighted by atomic mass is 9.94. The van der Waals surface area contributed by atoms with Crippen LogP contribution in [0.5, 0.6) is 0 Å². The first kappa shape index (κ1) is 17.6. The topological polar surface area (TPSA) is 66.4 Å². The molecule has 0 heterocycles. The van der Waals surface area contributed by atoms with Crippen molar-refractivity contribution in [3.63, 3.8) is 0 Å². The zero-order valence-electron chi connectivity index (χ0n) is 12.0. The van der Waals surface area contributed by atoms with Crippen LogP contribution < -0.4 is 5.32 Å². The molecule has 0 aliphatic carbocycles. The number of amides is 1. The molecule has 0 aliphatic heterocycles. The lowest BCUT2D eigenvalue weighted by Crippen LogP contribution is -2.31. The standard InChI is InChI=1S/C15H19BrFNO3/c1-9(2)5-10(6-14(19)20)8-18-15(21)11-3-4-13(17)12(16)7-11/h3-4,7,9-10H,5-6,8H2,1-2H3,(H,18,21)(H,19,20). The molecule has 0 bridgehead atoms. The van der Waals surface area contributed by atoms with Gasteiger partial charge in [0.25, 0.3) is 5.91 Å². The van der Waals surface area contributed by atoms with Crippen molar-refractivity contribution in [1.82, 2.24) is 5.32 Å². The number of halogens is 2. The Bertz CT molecular complexity index is 520. The number of benzene rings is 1. The molecule has 1 rings (SSSR count). The number of hydrogen-bond donors (Lipinski definition) is 2. The maximum absolute atomic E-state index is 13.1. The molecule has 0 aromatic heterocycles. The molecule has 1 unspecified atom stereocenters. The van der Waals surface area contributed by atoms with Crippen molar-refractivity contribution >= 4 is 27.8 Å². The van der Waals surface area contributed by atoms with Gasteiger partial charge in [-0.05, 0) is 52.4 Å². The van der Waals surface area contributed by atoms with Gasteiger partial charge < -0.3 is 10.4 Å². The quantitative estimate of drug-likeness (QED) is 0.783. The molecule has 21 heavy (non-hydrogen) atoms. The van der Waals surface area contributed by atoms with Crippen LogP contribution in [0.3, 0.4) is 0 Å². The van der Waals surface area contributed by atoms with E-state index in [9.17, 15) is 14.0 Å². The van der Waals surface area contributed by atoms with Crippen LogP contribution in [-0.2, 0) is 4.79 Å². The Hall–Kier alpha value is -1.43. The van der Waals surface area contributed by atoms with E-state index in [4.69, 9.17) is 5.11 Å². The minimum Gasteiger partial charge on any atom is -0.481 e. The highest BCUT2D eigenvalue weighted by Crippen LogP contribution is 2.18. The molecule has 1 amide bonds. The minimum absolute atomic E-state index is 0.0194. The van der Waals surface area contributed by atoms with Crippen molar-refractivity contribution in [3.05, 3.63) is 34.1 Å². The van der Waals surface area contributed by atoms with E-state index in [2.05, 4.69) is 21.2 Å². The number of hydrogen-bond acceptors (Lipinski definition) is 2. The Labute approximate surface area is 131 Å². The predicted molar refractivity (Wildman–Crippen MR) is 81.6 cm³/mol. The van der Waals surface area contributed by atoms with E-state index < -0.39 is 11.8 Å². The zero-order chi connectivity index (χ0) is 16.0. The number of rotatable bonds is 7. The molecule has 0 saturated heterocycles. The second-order valence-corrected chi connectivity index (χ2v) is 6.29. The van der Waals surface area contributed by atoms with Gasteiger partial charge in [-0.15, -0.1) is 0 Å². The lowest BCUT2D eigenvalue weighted by Gasteiger charge is -2.17. The Morgan fingerprint density at radius 1 is 1.38 bits per heavy atom. The molecule has 0 radical (unpaired) electrons. The van der Waals surface area contributed by atoms with Crippen molar-refractivity contribution in [2.24, 2.45) is 11.8 Å². The second kappa shape index (κ2) is 8.12. The van der Waals surface area contributed by atoms with Crippen molar-refractivity contribution in [2.45, 2.75) is 26.7 Å². The van der Waals surface area contributed by atoms with Gasteiger partial charge in [-0.2, -0.15) is 0 Å². The number of carbonyl (C=O) groups is 2. The highest BCUT2D eigenvalue weighted by atomic mass is 79.9. The molecule has 2 N–H and O–H groups in total. The van der Waals surface area contributed by atoms with E-state index in [0.717, 1.165) is 6.42 Å². The van der Waals surface area contributed by atoms with E-state index in [1.165, 1.54) is 18.2 Å². The highest BCUT2D eigenvalue weighted by Gasteiger charge is 2.17. The van der Waals surface area contributed by atoms with E-state index in [1.54, 1.807) is 0 Å². The average molecular weight is 360 g/mol. The molecule has 0 fully saturated rings. The Morgan fingerprint density at radius 2 is 2.05 bits per heavy atom. The number of carboxylic acids is 1. The van der Waals surface area contributed by atoms with E-state index >= 15 is 0 Å². The Balaban J connectivity index is 2.63. The summed E-state index contributed by atoms with van der Waals surface area (Å²) in [5, 5.41) is 11.6. The van der Waals surface area contributed by atoms with Crippen LogP contribution in [0.1, 0.15) is 37.0 Å². The Kier molecular flexibility index (Phi) is 6.81. The third kappa shape index (κ3) is 6.25. The first-order valence-electron chi connectivity index (χ1n) is 6.74. The molecule has 1 aromatic rings. The molecule has 0 spiro atoms. The average Bonchev–Trinajstić information content (AvgIpc) is 2.37. The van der Waals surface area contributed by atoms with Gasteiger partial charge in [-0.3, -0.25) is 9.59 Å². The number of aliphatic carboxylic acids is 1. The number of carbonyl (C=O) groups excluding carboxylic acids is 1. The molecule has 1 aromatic carbocycles. The molecule has 0 aliphatic rings. The largest absolute Gasteiger partial charge is 0.481 e. The van der Waals surface area contributed by atoms with Crippen molar-refractivity contribution < 1.29 is 19.1 Å².